The van der Waals surface area contributed by atoms with Crippen molar-refractivity contribution in [2.24, 2.45) is 0 Å². The van der Waals surface area contributed by atoms with Gasteiger partial charge >= 0.3 is 0 Å². The normalized spacial score (nSPS) is 10.4. The molecule has 4 nitrogen and oxygen atoms in total. The van der Waals surface area contributed by atoms with Crippen LogP contribution in [-0.4, -0.2) is 19.9 Å². The van der Waals surface area contributed by atoms with E-state index in [0.717, 1.165) is 16.8 Å². The Balaban J connectivity index is 2.06. The lowest BCUT2D eigenvalue weighted by Crippen LogP contribution is -1.92. The molecule has 0 fully saturated rings. The predicted octanol–water partition coefficient (Wildman–Crippen LogP) is 3.25. The number of hydrogen-bond acceptors (Lipinski definition) is 4. The highest BCUT2D eigenvalue weighted by Gasteiger charge is 2.05. The zero-order valence-corrected chi connectivity index (χ0v) is 10.6. The topological polar surface area (TPSA) is 51.6 Å². The fourth-order valence-electron chi connectivity index (χ4n) is 1.72. The van der Waals surface area contributed by atoms with Crippen molar-refractivity contribution in [2.45, 2.75) is 0 Å². The van der Waals surface area contributed by atoms with Crippen LogP contribution in [0, 0.1) is 0 Å². The molecule has 0 N–H and O–H groups in total. The Labute approximate surface area is 115 Å². The summed E-state index contributed by atoms with van der Waals surface area (Å²) in [5, 5.41) is 0.446. The van der Waals surface area contributed by atoms with Gasteiger partial charge in [0, 0.05) is 35.9 Å². The van der Waals surface area contributed by atoms with Crippen LogP contribution in [0.3, 0.4) is 0 Å². The highest BCUT2D eigenvalue weighted by Crippen LogP contribution is 2.21. The van der Waals surface area contributed by atoms with Crippen molar-refractivity contribution in [3.05, 3.63) is 60.3 Å². The summed E-state index contributed by atoms with van der Waals surface area (Å²) in [6.45, 7) is 0. The van der Waals surface area contributed by atoms with E-state index >= 15 is 0 Å². The standard InChI is InChI=1S/C14H9ClN4/c15-13-9-11(3-7-17-13)12-4-8-18-14(19-12)10-1-5-16-6-2-10/h1-9H. The van der Waals surface area contributed by atoms with Gasteiger partial charge in [0.2, 0.25) is 0 Å². The van der Waals surface area contributed by atoms with Gasteiger partial charge in [-0.3, -0.25) is 4.98 Å². The smallest absolute Gasteiger partial charge is 0.159 e. The summed E-state index contributed by atoms with van der Waals surface area (Å²) in [4.78, 5) is 16.7. The van der Waals surface area contributed by atoms with Crippen LogP contribution in [0.1, 0.15) is 0 Å². The molecule has 3 aromatic rings. The molecule has 0 unspecified atom stereocenters. The van der Waals surface area contributed by atoms with Gasteiger partial charge in [0.1, 0.15) is 5.15 Å². The summed E-state index contributed by atoms with van der Waals surface area (Å²) in [5.41, 5.74) is 2.65. The van der Waals surface area contributed by atoms with Crippen molar-refractivity contribution in [1.82, 2.24) is 19.9 Å². The summed E-state index contributed by atoms with van der Waals surface area (Å²) in [6, 6.07) is 9.23. The molecule has 19 heavy (non-hydrogen) atoms. The zero-order valence-electron chi connectivity index (χ0n) is 9.86. The molecule has 3 heterocycles. The van der Waals surface area contributed by atoms with Crippen molar-refractivity contribution < 1.29 is 0 Å². The van der Waals surface area contributed by atoms with Crippen LogP contribution >= 0.6 is 11.6 Å². The van der Waals surface area contributed by atoms with E-state index in [9.17, 15) is 0 Å². The van der Waals surface area contributed by atoms with Gasteiger partial charge in [-0.2, -0.15) is 0 Å². The maximum absolute atomic E-state index is 5.89. The fraction of sp³-hybridized carbons (Fsp3) is 0. The van der Waals surface area contributed by atoms with Gasteiger partial charge in [-0.05, 0) is 30.3 Å². The molecule has 5 heteroatoms. The number of halogens is 1. The van der Waals surface area contributed by atoms with Gasteiger partial charge in [0.25, 0.3) is 0 Å². The molecular formula is C14H9ClN4. The van der Waals surface area contributed by atoms with E-state index in [2.05, 4.69) is 19.9 Å². The number of pyridine rings is 2. The van der Waals surface area contributed by atoms with E-state index in [1.54, 1.807) is 30.9 Å². The number of nitrogens with zero attached hydrogens (tertiary/aromatic N) is 4. The molecule has 3 aromatic heterocycles. The number of aromatic nitrogens is 4. The first kappa shape index (κ1) is 11.7. The third-order valence-electron chi connectivity index (χ3n) is 2.62. The van der Waals surface area contributed by atoms with Crippen molar-refractivity contribution >= 4 is 11.6 Å². The average Bonchev–Trinajstić information content (AvgIpc) is 2.48. The Morgan fingerprint density at radius 3 is 2.32 bits per heavy atom. The molecular weight excluding hydrogens is 260 g/mol. The first-order valence-corrected chi connectivity index (χ1v) is 6.06. The molecule has 0 atom stereocenters. The fourth-order valence-corrected chi connectivity index (χ4v) is 1.90. The Kier molecular flexibility index (Phi) is 3.16. The summed E-state index contributed by atoms with van der Waals surface area (Å²) >= 11 is 5.89. The van der Waals surface area contributed by atoms with Gasteiger partial charge < -0.3 is 0 Å². The Morgan fingerprint density at radius 2 is 1.53 bits per heavy atom. The minimum absolute atomic E-state index is 0.446. The van der Waals surface area contributed by atoms with Gasteiger partial charge in [0.15, 0.2) is 5.82 Å². The van der Waals surface area contributed by atoms with E-state index in [1.165, 1.54) is 0 Å². The van der Waals surface area contributed by atoms with Crippen molar-refractivity contribution in [2.75, 3.05) is 0 Å². The monoisotopic (exact) mass is 268 g/mol. The quantitative estimate of drug-likeness (QED) is 0.670. The van der Waals surface area contributed by atoms with Crippen molar-refractivity contribution in [3.8, 4) is 22.6 Å². The number of rotatable bonds is 2. The second-order valence-corrected chi connectivity index (χ2v) is 4.26. The molecule has 0 saturated heterocycles. The predicted molar refractivity (Wildman–Crippen MR) is 73.5 cm³/mol. The summed E-state index contributed by atoms with van der Waals surface area (Å²) in [6.07, 6.45) is 6.82. The van der Waals surface area contributed by atoms with Crippen LogP contribution in [0.2, 0.25) is 5.15 Å². The summed E-state index contributed by atoms with van der Waals surface area (Å²) in [5.74, 6) is 0.660. The third-order valence-corrected chi connectivity index (χ3v) is 2.82. The highest BCUT2D eigenvalue weighted by molar-refractivity contribution is 6.29. The minimum Gasteiger partial charge on any atom is -0.265 e. The van der Waals surface area contributed by atoms with Crippen LogP contribution in [0.15, 0.2) is 55.1 Å². The lowest BCUT2D eigenvalue weighted by Gasteiger charge is -2.04. The van der Waals surface area contributed by atoms with E-state index in [0.29, 0.717) is 11.0 Å². The Bertz CT molecular complexity index is 701. The van der Waals surface area contributed by atoms with E-state index in [-0.39, 0.29) is 0 Å². The summed E-state index contributed by atoms with van der Waals surface area (Å²) < 4.78 is 0. The second-order valence-electron chi connectivity index (χ2n) is 3.87. The molecule has 0 aliphatic heterocycles. The molecule has 0 aliphatic carbocycles. The molecule has 0 bridgehead atoms. The minimum atomic E-state index is 0.446. The van der Waals surface area contributed by atoms with Crippen LogP contribution in [0.25, 0.3) is 22.6 Å². The molecule has 0 saturated carbocycles. The lowest BCUT2D eigenvalue weighted by atomic mass is 10.2. The van der Waals surface area contributed by atoms with E-state index in [1.807, 2.05) is 24.3 Å². The van der Waals surface area contributed by atoms with E-state index < -0.39 is 0 Å². The van der Waals surface area contributed by atoms with Crippen LogP contribution in [0.4, 0.5) is 0 Å². The molecule has 0 amide bonds. The molecule has 3 rings (SSSR count). The zero-order chi connectivity index (χ0) is 13.1. The molecule has 92 valence electrons. The highest BCUT2D eigenvalue weighted by atomic mass is 35.5. The lowest BCUT2D eigenvalue weighted by molar-refractivity contribution is 1.17. The summed E-state index contributed by atoms with van der Waals surface area (Å²) in [7, 11) is 0. The van der Waals surface area contributed by atoms with Gasteiger partial charge in [-0.1, -0.05) is 11.6 Å². The van der Waals surface area contributed by atoms with E-state index in [4.69, 9.17) is 11.6 Å². The largest absolute Gasteiger partial charge is 0.265 e. The number of hydrogen-bond donors (Lipinski definition) is 0. The average molecular weight is 269 g/mol. The first-order valence-electron chi connectivity index (χ1n) is 5.68. The van der Waals surface area contributed by atoms with Gasteiger partial charge in [0.05, 0.1) is 5.69 Å². The second kappa shape index (κ2) is 5.12. The molecule has 0 radical (unpaired) electrons. The van der Waals surface area contributed by atoms with Crippen LogP contribution in [0.5, 0.6) is 0 Å². The Hall–Kier alpha value is -2.33. The van der Waals surface area contributed by atoms with Gasteiger partial charge in [-0.25, -0.2) is 15.0 Å². The maximum atomic E-state index is 5.89. The van der Waals surface area contributed by atoms with Gasteiger partial charge in [-0.15, -0.1) is 0 Å². The third kappa shape index (κ3) is 2.58. The molecule has 0 aliphatic rings. The maximum Gasteiger partial charge on any atom is 0.159 e. The first-order chi connectivity index (χ1) is 9.33. The molecule has 0 aromatic carbocycles. The molecule has 0 spiro atoms. The SMILES string of the molecule is Clc1cc(-c2ccnc(-c3ccncc3)n2)ccn1. The Morgan fingerprint density at radius 1 is 0.789 bits per heavy atom. The van der Waals surface area contributed by atoms with Crippen LogP contribution in [-0.2, 0) is 0 Å². The van der Waals surface area contributed by atoms with Crippen molar-refractivity contribution in [1.29, 1.82) is 0 Å². The van der Waals surface area contributed by atoms with Crippen LogP contribution < -0.4 is 0 Å². The van der Waals surface area contributed by atoms with Crippen molar-refractivity contribution in [3.63, 3.8) is 0 Å².